The minimum absolute atomic E-state index is 0.00369. The molecule has 2 aromatic rings. The fourth-order valence-electron chi connectivity index (χ4n) is 4.16. The van der Waals surface area contributed by atoms with Crippen LogP contribution in [0.3, 0.4) is 0 Å². The number of likely N-dealkylation sites (tertiary alicyclic amines) is 1. The summed E-state index contributed by atoms with van der Waals surface area (Å²) in [5, 5.41) is 6.05. The number of amides is 2. The molecule has 33 heavy (non-hydrogen) atoms. The van der Waals surface area contributed by atoms with E-state index >= 15 is 0 Å². The molecule has 0 bridgehead atoms. The normalized spacial score (nSPS) is 15.0. The summed E-state index contributed by atoms with van der Waals surface area (Å²) in [5.41, 5.74) is 3.40. The zero-order valence-electron chi connectivity index (χ0n) is 19.9. The largest absolute Gasteiger partial charge is 0.339 e. The van der Waals surface area contributed by atoms with Crippen LogP contribution in [-0.4, -0.2) is 34.9 Å². The molecule has 1 heterocycles. The van der Waals surface area contributed by atoms with E-state index in [1.807, 2.05) is 42.2 Å². The zero-order chi connectivity index (χ0) is 23.8. The molecule has 0 aromatic heterocycles. The Morgan fingerprint density at radius 2 is 1.58 bits per heavy atom. The Balaban J connectivity index is 1.62. The van der Waals surface area contributed by atoms with Crippen LogP contribution in [0.5, 0.6) is 0 Å². The first-order valence-corrected chi connectivity index (χ1v) is 12.3. The van der Waals surface area contributed by atoms with Gasteiger partial charge in [0.1, 0.15) is 0 Å². The van der Waals surface area contributed by atoms with Gasteiger partial charge in [0.15, 0.2) is 5.11 Å². The Bertz CT molecular complexity index is 964. The van der Waals surface area contributed by atoms with Gasteiger partial charge in [-0.3, -0.25) is 9.59 Å². The predicted molar refractivity (Wildman–Crippen MR) is 139 cm³/mol. The van der Waals surface area contributed by atoms with Crippen molar-refractivity contribution in [1.29, 1.82) is 0 Å². The maximum atomic E-state index is 13.1. The average molecular weight is 466 g/mol. The highest BCUT2D eigenvalue weighted by Gasteiger charge is 2.21. The molecular weight excluding hydrogens is 430 g/mol. The second-order valence-electron chi connectivity index (χ2n) is 9.26. The fraction of sp³-hybridized carbons (Fsp3) is 0.444. The summed E-state index contributed by atoms with van der Waals surface area (Å²) < 4.78 is 0. The number of nitrogens with one attached hydrogen (secondary N) is 2. The highest BCUT2D eigenvalue weighted by Crippen LogP contribution is 2.21. The molecule has 1 atom stereocenters. The molecule has 5 nitrogen and oxygen atoms in total. The van der Waals surface area contributed by atoms with Gasteiger partial charge in [-0.15, -0.1) is 0 Å². The van der Waals surface area contributed by atoms with Gasteiger partial charge in [-0.1, -0.05) is 63.1 Å². The molecule has 1 saturated heterocycles. The number of carbonyl (C=O) groups excluding carboxylic acids is 2. The number of thiocarbonyl (C=S) groups is 1. The Morgan fingerprint density at radius 1 is 0.939 bits per heavy atom. The molecule has 6 heteroatoms. The zero-order valence-corrected chi connectivity index (χ0v) is 20.7. The lowest BCUT2D eigenvalue weighted by atomic mass is 9.96. The third-order valence-corrected chi connectivity index (χ3v) is 6.26. The molecule has 176 valence electrons. The van der Waals surface area contributed by atoms with Crippen LogP contribution in [-0.2, 0) is 11.2 Å². The summed E-state index contributed by atoms with van der Waals surface area (Å²) in [6, 6.07) is 15.5. The number of hydrogen-bond donors (Lipinski definition) is 2. The first-order valence-electron chi connectivity index (χ1n) is 11.9. The molecule has 1 aliphatic rings. The maximum Gasteiger partial charge on any atom is 0.255 e. The molecule has 2 aromatic carbocycles. The van der Waals surface area contributed by atoms with E-state index in [0.717, 1.165) is 37.9 Å². The van der Waals surface area contributed by atoms with Gasteiger partial charge in [0, 0.05) is 13.1 Å². The van der Waals surface area contributed by atoms with Crippen molar-refractivity contribution in [3.63, 3.8) is 0 Å². The van der Waals surface area contributed by atoms with E-state index in [-0.39, 0.29) is 22.8 Å². The van der Waals surface area contributed by atoms with Crippen LogP contribution >= 0.6 is 12.2 Å². The van der Waals surface area contributed by atoms with Gasteiger partial charge < -0.3 is 15.5 Å². The number of benzene rings is 2. The van der Waals surface area contributed by atoms with Crippen LogP contribution in [0.4, 0.5) is 5.69 Å². The lowest BCUT2D eigenvalue weighted by Gasteiger charge is -2.22. The van der Waals surface area contributed by atoms with Crippen molar-refractivity contribution in [2.45, 2.75) is 58.8 Å². The van der Waals surface area contributed by atoms with E-state index in [1.165, 1.54) is 18.4 Å². The third-order valence-electron chi connectivity index (χ3n) is 6.05. The molecule has 2 N–H and O–H groups in total. The number of rotatable bonds is 6. The highest BCUT2D eigenvalue weighted by molar-refractivity contribution is 7.80. The van der Waals surface area contributed by atoms with Crippen LogP contribution in [0.2, 0.25) is 0 Å². The third kappa shape index (κ3) is 7.13. The molecular formula is C27H35N3O2S. The summed E-state index contributed by atoms with van der Waals surface area (Å²) in [4.78, 5) is 27.8. The van der Waals surface area contributed by atoms with E-state index < -0.39 is 0 Å². The molecule has 0 aliphatic carbocycles. The van der Waals surface area contributed by atoms with E-state index in [2.05, 4.69) is 36.6 Å². The molecule has 3 rings (SSSR count). The lowest BCUT2D eigenvalue weighted by Crippen LogP contribution is -2.37. The average Bonchev–Trinajstić information content (AvgIpc) is 3.08. The van der Waals surface area contributed by atoms with E-state index in [1.54, 1.807) is 6.07 Å². The van der Waals surface area contributed by atoms with E-state index in [0.29, 0.717) is 17.2 Å². The smallest absolute Gasteiger partial charge is 0.255 e. The Kier molecular flexibility index (Phi) is 9.01. The highest BCUT2D eigenvalue weighted by atomic mass is 32.1. The first kappa shape index (κ1) is 24.9. The summed E-state index contributed by atoms with van der Waals surface area (Å²) in [7, 11) is 0. The van der Waals surface area contributed by atoms with Crippen LogP contribution in [0, 0.1) is 5.92 Å². The van der Waals surface area contributed by atoms with Crippen molar-refractivity contribution < 1.29 is 9.59 Å². The van der Waals surface area contributed by atoms with Crippen LogP contribution in [0.1, 0.15) is 73.9 Å². The molecule has 0 saturated carbocycles. The second-order valence-corrected chi connectivity index (χ2v) is 9.66. The van der Waals surface area contributed by atoms with Crippen molar-refractivity contribution in [3.05, 3.63) is 65.2 Å². The molecule has 0 radical (unpaired) electrons. The first-order chi connectivity index (χ1) is 15.8. The number of anilines is 1. The number of para-hydroxylation sites is 1. The van der Waals surface area contributed by atoms with Gasteiger partial charge in [-0.05, 0) is 67.6 Å². The molecule has 0 spiro atoms. The fourth-order valence-corrected chi connectivity index (χ4v) is 4.37. The van der Waals surface area contributed by atoms with Crippen molar-refractivity contribution in [3.8, 4) is 0 Å². The summed E-state index contributed by atoms with van der Waals surface area (Å²) in [6.07, 6.45) is 5.42. The summed E-state index contributed by atoms with van der Waals surface area (Å²) in [5.74, 6) is 0.0744. The van der Waals surface area contributed by atoms with Gasteiger partial charge in [-0.25, -0.2) is 0 Å². The Morgan fingerprint density at radius 3 is 2.21 bits per heavy atom. The van der Waals surface area contributed by atoms with Crippen LogP contribution in [0.15, 0.2) is 48.5 Å². The second kappa shape index (κ2) is 11.9. The summed E-state index contributed by atoms with van der Waals surface area (Å²) >= 11 is 5.41. The minimum atomic E-state index is -0.341. The van der Waals surface area contributed by atoms with Crippen molar-refractivity contribution in [2.24, 2.45) is 5.92 Å². The van der Waals surface area contributed by atoms with Crippen molar-refractivity contribution in [2.75, 3.05) is 18.4 Å². The van der Waals surface area contributed by atoms with Gasteiger partial charge in [0.05, 0.1) is 17.2 Å². The SMILES string of the molecule is CC(C)Cc1ccc(C(C)C(=O)NC(=S)Nc2ccccc2C(=O)N2CCCCCC2)cc1. The maximum absolute atomic E-state index is 13.1. The Hall–Kier alpha value is -2.73. The van der Waals surface area contributed by atoms with E-state index in [4.69, 9.17) is 12.2 Å². The molecule has 2 amide bonds. The molecule has 1 fully saturated rings. The van der Waals surface area contributed by atoms with Crippen LogP contribution < -0.4 is 10.6 Å². The van der Waals surface area contributed by atoms with Crippen LogP contribution in [0.25, 0.3) is 0 Å². The standard InChI is InChI=1S/C27H35N3O2S/c1-19(2)18-21-12-14-22(15-13-21)20(3)25(31)29-27(33)28-24-11-7-6-10-23(24)26(32)30-16-8-4-5-9-17-30/h6-7,10-15,19-20H,4-5,8-9,16-18H2,1-3H3,(H2,28,29,31,33). The van der Waals surface area contributed by atoms with Gasteiger partial charge in [0.25, 0.3) is 5.91 Å². The summed E-state index contributed by atoms with van der Waals surface area (Å²) in [6.45, 7) is 7.81. The predicted octanol–water partition coefficient (Wildman–Crippen LogP) is 5.52. The topological polar surface area (TPSA) is 61.4 Å². The van der Waals surface area contributed by atoms with Gasteiger partial charge >= 0.3 is 0 Å². The molecule has 1 unspecified atom stereocenters. The Labute approximate surface area is 202 Å². The van der Waals surface area contributed by atoms with E-state index in [9.17, 15) is 9.59 Å². The molecule has 1 aliphatic heterocycles. The quantitative estimate of drug-likeness (QED) is 0.552. The minimum Gasteiger partial charge on any atom is -0.339 e. The number of hydrogen-bond acceptors (Lipinski definition) is 3. The monoisotopic (exact) mass is 465 g/mol. The van der Waals surface area contributed by atoms with Crippen molar-refractivity contribution in [1.82, 2.24) is 10.2 Å². The number of nitrogens with zero attached hydrogens (tertiary/aromatic N) is 1. The van der Waals surface area contributed by atoms with Gasteiger partial charge in [-0.2, -0.15) is 0 Å². The van der Waals surface area contributed by atoms with Gasteiger partial charge in [0.2, 0.25) is 5.91 Å². The lowest BCUT2D eigenvalue weighted by molar-refractivity contribution is -0.120. The van der Waals surface area contributed by atoms with Crippen molar-refractivity contribution >= 4 is 34.8 Å². The number of carbonyl (C=O) groups is 2.